The summed E-state index contributed by atoms with van der Waals surface area (Å²) in [4.78, 5) is 0. The lowest BCUT2D eigenvalue weighted by Gasteiger charge is -2.37. The van der Waals surface area contributed by atoms with Gasteiger partial charge in [-0.1, -0.05) is 25.5 Å². The van der Waals surface area contributed by atoms with Crippen molar-refractivity contribution in [2.24, 2.45) is 11.3 Å². The van der Waals surface area contributed by atoms with Gasteiger partial charge in [0.15, 0.2) is 0 Å². The monoisotopic (exact) mass is 170 g/mol. The molecule has 64 valence electrons. The Labute approximate surface area is 75.5 Å². The van der Waals surface area contributed by atoms with Crippen LogP contribution in [0.3, 0.4) is 0 Å². The van der Waals surface area contributed by atoms with E-state index in [1.165, 1.54) is 18.4 Å². The third-order valence-corrected chi connectivity index (χ3v) is 3.30. The molecular weight excluding hydrogens is 152 g/mol. The standard InChI is InChI=1S/C10H18S/c1-8-5-4-6-10(2,3)9(8)7-11/h5,9,11H,4,6-7H2,1-3H3/t9-/m0/s1. The Hall–Kier alpha value is 0.0900. The first-order chi connectivity index (χ1) is 5.08. The Morgan fingerprint density at radius 1 is 1.64 bits per heavy atom. The summed E-state index contributed by atoms with van der Waals surface area (Å²) in [6.07, 6.45) is 4.94. The Kier molecular flexibility index (Phi) is 2.69. The highest BCUT2D eigenvalue weighted by atomic mass is 32.1. The molecule has 0 saturated heterocycles. The molecule has 0 aromatic rings. The summed E-state index contributed by atoms with van der Waals surface area (Å²) >= 11 is 4.40. The van der Waals surface area contributed by atoms with E-state index in [1.54, 1.807) is 0 Å². The van der Waals surface area contributed by atoms with Crippen molar-refractivity contribution in [3.63, 3.8) is 0 Å². The zero-order valence-electron chi connectivity index (χ0n) is 7.72. The van der Waals surface area contributed by atoms with Gasteiger partial charge >= 0.3 is 0 Å². The summed E-state index contributed by atoms with van der Waals surface area (Å²) in [6, 6.07) is 0. The molecule has 0 fully saturated rings. The van der Waals surface area contributed by atoms with Crippen LogP contribution in [0.1, 0.15) is 33.6 Å². The summed E-state index contributed by atoms with van der Waals surface area (Å²) in [5, 5.41) is 0. The summed E-state index contributed by atoms with van der Waals surface area (Å²) in [5.74, 6) is 1.69. The van der Waals surface area contributed by atoms with E-state index in [9.17, 15) is 0 Å². The highest BCUT2D eigenvalue weighted by molar-refractivity contribution is 7.80. The predicted octanol–water partition coefficient (Wildman–Crippen LogP) is 3.30. The lowest BCUT2D eigenvalue weighted by Crippen LogP contribution is -2.29. The Bertz CT molecular complexity index is 168. The van der Waals surface area contributed by atoms with Crippen molar-refractivity contribution in [3.05, 3.63) is 11.6 Å². The highest BCUT2D eigenvalue weighted by Crippen LogP contribution is 2.41. The van der Waals surface area contributed by atoms with Crippen LogP contribution in [-0.4, -0.2) is 5.75 Å². The first-order valence-electron chi connectivity index (χ1n) is 4.35. The molecule has 0 radical (unpaired) electrons. The normalized spacial score (nSPS) is 29.8. The minimum atomic E-state index is 0.473. The van der Waals surface area contributed by atoms with Gasteiger partial charge in [-0.2, -0.15) is 12.6 Å². The van der Waals surface area contributed by atoms with Gasteiger partial charge in [0.25, 0.3) is 0 Å². The van der Waals surface area contributed by atoms with E-state index in [1.807, 2.05) is 0 Å². The van der Waals surface area contributed by atoms with Gasteiger partial charge in [-0.3, -0.25) is 0 Å². The molecule has 0 N–H and O–H groups in total. The molecule has 0 heterocycles. The van der Waals surface area contributed by atoms with Crippen LogP contribution in [0.5, 0.6) is 0 Å². The maximum atomic E-state index is 4.40. The summed E-state index contributed by atoms with van der Waals surface area (Å²) in [7, 11) is 0. The van der Waals surface area contributed by atoms with Crippen molar-refractivity contribution in [2.45, 2.75) is 33.6 Å². The molecule has 11 heavy (non-hydrogen) atoms. The molecule has 0 aromatic carbocycles. The van der Waals surface area contributed by atoms with E-state index in [0.717, 1.165) is 5.75 Å². The van der Waals surface area contributed by atoms with Crippen molar-refractivity contribution in [1.82, 2.24) is 0 Å². The van der Waals surface area contributed by atoms with Gasteiger partial charge in [-0.05, 0) is 36.9 Å². The zero-order chi connectivity index (χ0) is 8.48. The number of thiol groups is 1. The van der Waals surface area contributed by atoms with Gasteiger partial charge in [-0.25, -0.2) is 0 Å². The number of rotatable bonds is 1. The molecule has 0 spiro atoms. The SMILES string of the molecule is CC1=CCCC(C)(C)[C@H]1CS. The summed E-state index contributed by atoms with van der Waals surface area (Å²) in [6.45, 7) is 6.94. The molecule has 0 amide bonds. The number of allylic oxidation sites excluding steroid dienone is 2. The molecule has 0 nitrogen and oxygen atoms in total. The maximum Gasteiger partial charge on any atom is -0.00271 e. The van der Waals surface area contributed by atoms with Crippen molar-refractivity contribution >= 4 is 12.6 Å². The fraction of sp³-hybridized carbons (Fsp3) is 0.800. The number of hydrogen-bond donors (Lipinski definition) is 1. The molecule has 1 heteroatoms. The average molecular weight is 170 g/mol. The second kappa shape index (κ2) is 3.22. The van der Waals surface area contributed by atoms with Crippen molar-refractivity contribution in [3.8, 4) is 0 Å². The fourth-order valence-corrected chi connectivity index (χ4v) is 2.78. The maximum absolute atomic E-state index is 4.40. The molecule has 0 bridgehead atoms. The van der Waals surface area contributed by atoms with E-state index in [-0.39, 0.29) is 0 Å². The van der Waals surface area contributed by atoms with Crippen LogP contribution in [0, 0.1) is 11.3 Å². The van der Waals surface area contributed by atoms with Crippen molar-refractivity contribution < 1.29 is 0 Å². The van der Waals surface area contributed by atoms with Gasteiger partial charge in [0, 0.05) is 0 Å². The second-order valence-electron chi connectivity index (χ2n) is 4.21. The van der Waals surface area contributed by atoms with Crippen LogP contribution in [0.25, 0.3) is 0 Å². The largest absolute Gasteiger partial charge is 0.179 e. The summed E-state index contributed by atoms with van der Waals surface area (Å²) < 4.78 is 0. The molecule has 1 aliphatic carbocycles. The van der Waals surface area contributed by atoms with E-state index >= 15 is 0 Å². The molecule has 0 saturated carbocycles. The molecular formula is C10H18S. The lowest BCUT2D eigenvalue weighted by atomic mass is 9.70. The van der Waals surface area contributed by atoms with Gasteiger partial charge in [0.05, 0.1) is 0 Å². The molecule has 1 atom stereocenters. The first-order valence-corrected chi connectivity index (χ1v) is 4.98. The smallest absolute Gasteiger partial charge is 0.00271 e. The fourth-order valence-electron chi connectivity index (χ4n) is 2.00. The van der Waals surface area contributed by atoms with Crippen molar-refractivity contribution in [1.29, 1.82) is 0 Å². The Morgan fingerprint density at radius 3 is 2.64 bits per heavy atom. The van der Waals surface area contributed by atoms with Crippen molar-refractivity contribution in [2.75, 3.05) is 5.75 Å². The highest BCUT2D eigenvalue weighted by Gasteiger charge is 2.31. The lowest BCUT2D eigenvalue weighted by molar-refractivity contribution is 0.236. The van der Waals surface area contributed by atoms with E-state index < -0.39 is 0 Å². The zero-order valence-corrected chi connectivity index (χ0v) is 8.62. The quantitative estimate of drug-likeness (QED) is 0.453. The predicted molar refractivity (Wildman–Crippen MR) is 54.1 cm³/mol. The molecule has 0 aliphatic heterocycles. The first kappa shape index (κ1) is 9.18. The Morgan fingerprint density at radius 2 is 2.27 bits per heavy atom. The Balaban J connectivity index is 2.80. The molecule has 1 rings (SSSR count). The molecule has 1 aliphatic rings. The van der Waals surface area contributed by atoms with Crippen LogP contribution in [-0.2, 0) is 0 Å². The third kappa shape index (κ3) is 1.81. The van der Waals surface area contributed by atoms with Gasteiger partial charge in [0.1, 0.15) is 0 Å². The molecule has 0 unspecified atom stereocenters. The van der Waals surface area contributed by atoms with E-state index in [0.29, 0.717) is 11.3 Å². The van der Waals surface area contributed by atoms with Gasteiger partial charge < -0.3 is 0 Å². The minimum absolute atomic E-state index is 0.473. The summed E-state index contributed by atoms with van der Waals surface area (Å²) in [5.41, 5.74) is 2.01. The van der Waals surface area contributed by atoms with Crippen LogP contribution < -0.4 is 0 Å². The van der Waals surface area contributed by atoms with E-state index in [4.69, 9.17) is 0 Å². The van der Waals surface area contributed by atoms with E-state index in [2.05, 4.69) is 39.5 Å². The van der Waals surface area contributed by atoms with Crippen LogP contribution >= 0.6 is 12.6 Å². The van der Waals surface area contributed by atoms with Crippen LogP contribution in [0.4, 0.5) is 0 Å². The second-order valence-corrected chi connectivity index (χ2v) is 4.58. The van der Waals surface area contributed by atoms with Crippen LogP contribution in [0.2, 0.25) is 0 Å². The van der Waals surface area contributed by atoms with Crippen LogP contribution in [0.15, 0.2) is 11.6 Å². The average Bonchev–Trinajstić information content (AvgIpc) is 1.86. The molecule has 0 aromatic heterocycles. The number of hydrogen-bond acceptors (Lipinski definition) is 1. The minimum Gasteiger partial charge on any atom is -0.179 e. The van der Waals surface area contributed by atoms with Gasteiger partial charge in [0.2, 0.25) is 0 Å². The topological polar surface area (TPSA) is 0 Å². The van der Waals surface area contributed by atoms with Gasteiger partial charge in [-0.15, -0.1) is 0 Å². The third-order valence-electron chi connectivity index (χ3n) is 2.93.